The van der Waals surface area contributed by atoms with E-state index in [4.69, 9.17) is 20.4 Å². The Morgan fingerprint density at radius 3 is 1.25 bits per heavy atom. The van der Waals surface area contributed by atoms with Gasteiger partial charge in [-0.3, -0.25) is 19.7 Å². The van der Waals surface area contributed by atoms with Gasteiger partial charge in [-0.2, -0.15) is 0 Å². The lowest BCUT2D eigenvalue weighted by Gasteiger charge is -2.17. The van der Waals surface area contributed by atoms with Crippen molar-refractivity contribution in [2.45, 2.75) is 45.6 Å². The Balaban J connectivity index is -0.000000244. The Labute approximate surface area is 117 Å². The highest BCUT2D eigenvalue weighted by Crippen LogP contribution is 2.12. The van der Waals surface area contributed by atoms with Gasteiger partial charge in [0.05, 0.1) is 0 Å². The SMILES string of the molecule is CCC(=O)O.CCC(=O)O.CCC(CO)(CO)[N+](=O)[O-]. The standard InChI is InChI=1S/C5H11NO4.2C3H6O2/c1-2-5(3-7,4-8)6(9)10;2*1-2-3(4)5/h7-8H,2-4H2,1H3;2*2H2,1H3,(H,4,5). The quantitative estimate of drug-likeness (QED) is 0.404. The van der Waals surface area contributed by atoms with Crippen molar-refractivity contribution in [3.8, 4) is 0 Å². The lowest BCUT2D eigenvalue weighted by molar-refractivity contribution is -0.577. The molecule has 4 N–H and O–H groups in total. The van der Waals surface area contributed by atoms with Crippen LogP contribution in [0.15, 0.2) is 0 Å². The van der Waals surface area contributed by atoms with E-state index in [0.29, 0.717) is 0 Å². The van der Waals surface area contributed by atoms with E-state index in [1.807, 2.05) is 0 Å². The van der Waals surface area contributed by atoms with Crippen LogP contribution in [0.4, 0.5) is 0 Å². The molecule has 0 radical (unpaired) electrons. The molecule has 0 unspecified atom stereocenters. The highest BCUT2D eigenvalue weighted by molar-refractivity contribution is 5.66. The van der Waals surface area contributed by atoms with E-state index in [1.165, 1.54) is 0 Å². The molecular formula is C11H23NO8. The summed E-state index contributed by atoms with van der Waals surface area (Å²) >= 11 is 0. The van der Waals surface area contributed by atoms with Crippen LogP contribution in [0, 0.1) is 10.1 Å². The maximum absolute atomic E-state index is 10.2. The smallest absolute Gasteiger partial charge is 0.303 e. The molecular weight excluding hydrogens is 274 g/mol. The number of hydrogen-bond acceptors (Lipinski definition) is 6. The third kappa shape index (κ3) is 12.7. The Morgan fingerprint density at radius 2 is 1.25 bits per heavy atom. The number of aliphatic hydroxyl groups is 2. The van der Waals surface area contributed by atoms with Gasteiger partial charge in [-0.25, -0.2) is 0 Å². The number of aliphatic carboxylic acids is 2. The van der Waals surface area contributed by atoms with Crippen molar-refractivity contribution >= 4 is 11.9 Å². The largest absolute Gasteiger partial charge is 0.481 e. The van der Waals surface area contributed by atoms with Crippen molar-refractivity contribution in [1.29, 1.82) is 0 Å². The van der Waals surface area contributed by atoms with Crippen molar-refractivity contribution in [3.63, 3.8) is 0 Å². The average Bonchev–Trinajstić information content (AvgIpc) is 2.42. The fourth-order valence-corrected chi connectivity index (χ4v) is 0.518. The van der Waals surface area contributed by atoms with Crippen LogP contribution in [-0.2, 0) is 9.59 Å². The lowest BCUT2D eigenvalue weighted by Crippen LogP contribution is -2.45. The zero-order valence-corrected chi connectivity index (χ0v) is 11.9. The summed E-state index contributed by atoms with van der Waals surface area (Å²) in [4.78, 5) is 28.3. The molecule has 9 heteroatoms. The van der Waals surface area contributed by atoms with E-state index in [0.717, 1.165) is 0 Å². The predicted molar refractivity (Wildman–Crippen MR) is 70.0 cm³/mol. The normalized spacial score (nSPS) is 9.45. The second-order valence-corrected chi connectivity index (χ2v) is 3.65. The predicted octanol–water partition coefficient (Wildman–Crippen LogP) is 0.359. The number of carboxylic acids is 2. The van der Waals surface area contributed by atoms with Crippen molar-refractivity contribution in [3.05, 3.63) is 10.1 Å². The number of rotatable bonds is 6. The number of nitrogens with zero attached hydrogens (tertiary/aromatic N) is 1. The number of hydrogen-bond donors (Lipinski definition) is 4. The van der Waals surface area contributed by atoms with Crippen LogP contribution in [0.25, 0.3) is 0 Å². The van der Waals surface area contributed by atoms with E-state index >= 15 is 0 Å². The van der Waals surface area contributed by atoms with E-state index in [9.17, 15) is 19.7 Å². The number of aliphatic hydroxyl groups excluding tert-OH is 2. The summed E-state index contributed by atoms with van der Waals surface area (Å²) in [6.07, 6.45) is 0.576. The topological polar surface area (TPSA) is 158 Å². The van der Waals surface area contributed by atoms with Crippen molar-refractivity contribution in [1.82, 2.24) is 0 Å². The molecule has 0 aliphatic rings. The second-order valence-electron chi connectivity index (χ2n) is 3.65. The third-order valence-corrected chi connectivity index (χ3v) is 2.24. The minimum absolute atomic E-state index is 0.132. The maximum atomic E-state index is 10.2. The first kappa shape index (κ1) is 23.4. The number of nitro groups is 1. The second kappa shape index (κ2) is 13.7. The molecule has 0 aromatic carbocycles. The summed E-state index contributed by atoms with van der Waals surface area (Å²) in [7, 11) is 0. The maximum Gasteiger partial charge on any atom is 0.303 e. The van der Waals surface area contributed by atoms with Crippen molar-refractivity contribution < 1.29 is 34.9 Å². The number of carbonyl (C=O) groups is 2. The molecule has 0 aliphatic carbocycles. The molecule has 0 saturated heterocycles. The monoisotopic (exact) mass is 297 g/mol. The molecule has 20 heavy (non-hydrogen) atoms. The summed E-state index contributed by atoms with van der Waals surface area (Å²) in [5.74, 6) is -1.49. The highest BCUT2D eigenvalue weighted by Gasteiger charge is 2.39. The van der Waals surface area contributed by atoms with Gasteiger partial charge in [-0.1, -0.05) is 20.8 Å². The van der Waals surface area contributed by atoms with Gasteiger partial charge >= 0.3 is 11.9 Å². The minimum atomic E-state index is -1.54. The van der Waals surface area contributed by atoms with Crippen LogP contribution in [0.1, 0.15) is 40.0 Å². The highest BCUT2D eigenvalue weighted by atomic mass is 16.6. The van der Waals surface area contributed by atoms with Crippen LogP contribution in [0.3, 0.4) is 0 Å². The first-order valence-electron chi connectivity index (χ1n) is 5.97. The average molecular weight is 297 g/mol. The fraction of sp³-hybridized carbons (Fsp3) is 0.818. The van der Waals surface area contributed by atoms with Gasteiger partial charge in [0.15, 0.2) is 0 Å². The lowest BCUT2D eigenvalue weighted by atomic mass is 10.0. The Bertz CT molecular complexity index is 266. The van der Waals surface area contributed by atoms with Crippen LogP contribution in [0.2, 0.25) is 0 Å². The number of carboxylic acid groups (broad SMARTS) is 2. The molecule has 120 valence electrons. The van der Waals surface area contributed by atoms with Gasteiger partial charge < -0.3 is 20.4 Å². The van der Waals surface area contributed by atoms with Gasteiger partial charge in [0, 0.05) is 24.2 Å². The third-order valence-electron chi connectivity index (χ3n) is 2.24. The first-order valence-corrected chi connectivity index (χ1v) is 5.97. The van der Waals surface area contributed by atoms with E-state index in [1.54, 1.807) is 20.8 Å². The van der Waals surface area contributed by atoms with Crippen LogP contribution < -0.4 is 0 Å². The molecule has 0 heterocycles. The van der Waals surface area contributed by atoms with Gasteiger partial charge in [-0.15, -0.1) is 0 Å². The zero-order chi connectivity index (χ0) is 16.8. The molecule has 0 bridgehead atoms. The molecule has 0 fully saturated rings. The van der Waals surface area contributed by atoms with E-state index in [2.05, 4.69) is 0 Å². The molecule has 0 aromatic heterocycles. The van der Waals surface area contributed by atoms with Crippen molar-refractivity contribution in [2.24, 2.45) is 0 Å². The Kier molecular flexibility index (Phi) is 16.0. The molecule has 0 spiro atoms. The van der Waals surface area contributed by atoms with Crippen molar-refractivity contribution in [2.75, 3.05) is 13.2 Å². The molecule has 9 nitrogen and oxygen atoms in total. The summed E-state index contributed by atoms with van der Waals surface area (Å²) < 4.78 is 0. The van der Waals surface area contributed by atoms with Gasteiger partial charge in [0.1, 0.15) is 13.2 Å². The van der Waals surface area contributed by atoms with Crippen LogP contribution in [-0.4, -0.2) is 56.0 Å². The summed E-state index contributed by atoms with van der Waals surface area (Å²) in [6, 6.07) is 0. The summed E-state index contributed by atoms with van der Waals surface area (Å²) in [5.41, 5.74) is -1.54. The van der Waals surface area contributed by atoms with Gasteiger partial charge in [-0.05, 0) is 0 Å². The fourth-order valence-electron chi connectivity index (χ4n) is 0.518. The summed E-state index contributed by atoms with van der Waals surface area (Å²) in [5, 5.41) is 42.7. The molecule has 0 rings (SSSR count). The first-order chi connectivity index (χ1) is 9.17. The zero-order valence-electron chi connectivity index (χ0n) is 11.9. The van der Waals surface area contributed by atoms with Gasteiger partial charge in [0.2, 0.25) is 0 Å². The molecule has 0 atom stereocenters. The molecule has 0 saturated carbocycles. The minimum Gasteiger partial charge on any atom is -0.481 e. The van der Waals surface area contributed by atoms with Gasteiger partial charge in [0.25, 0.3) is 5.54 Å². The van der Waals surface area contributed by atoms with Crippen LogP contribution in [0.5, 0.6) is 0 Å². The molecule has 0 amide bonds. The van der Waals surface area contributed by atoms with E-state index in [-0.39, 0.29) is 19.3 Å². The summed E-state index contributed by atoms with van der Waals surface area (Å²) in [6.45, 7) is 3.51. The molecule has 0 aromatic rings. The molecule has 0 aliphatic heterocycles. The van der Waals surface area contributed by atoms with Crippen LogP contribution >= 0.6 is 0 Å². The Morgan fingerprint density at radius 1 is 1.00 bits per heavy atom. The van der Waals surface area contributed by atoms with E-state index < -0.39 is 35.6 Å². The Hall–Kier alpha value is -1.74.